The maximum atomic E-state index is 13.4. The zero-order chi connectivity index (χ0) is 23.7. The van der Waals surface area contributed by atoms with Gasteiger partial charge in [-0.15, -0.1) is 22.6 Å². The number of rotatable bonds is 4. The van der Waals surface area contributed by atoms with Crippen molar-refractivity contribution in [3.8, 4) is 11.3 Å². The second-order valence-corrected chi connectivity index (χ2v) is 9.00. The van der Waals surface area contributed by atoms with Crippen LogP contribution in [0.15, 0.2) is 72.8 Å². The lowest BCUT2D eigenvalue weighted by Crippen LogP contribution is -2.54. The highest BCUT2D eigenvalue weighted by atomic mass is 35.5. The van der Waals surface area contributed by atoms with Crippen molar-refractivity contribution >= 4 is 46.5 Å². The van der Waals surface area contributed by atoms with Gasteiger partial charge in [0.25, 0.3) is 0 Å². The summed E-state index contributed by atoms with van der Waals surface area (Å²) in [5.74, 6) is 0.358. The van der Waals surface area contributed by atoms with Crippen molar-refractivity contribution in [2.24, 2.45) is 0 Å². The van der Waals surface area contributed by atoms with Crippen LogP contribution in [0.25, 0.3) is 22.0 Å². The third kappa shape index (κ3) is 5.09. The molecule has 3 aromatic carbocycles. The minimum Gasteiger partial charge on any atom is -0.348 e. The summed E-state index contributed by atoms with van der Waals surface area (Å²) in [7, 11) is 0. The summed E-state index contributed by atoms with van der Waals surface area (Å²) in [6, 6.07) is 22.7. The van der Waals surface area contributed by atoms with E-state index in [4.69, 9.17) is 11.6 Å². The number of carbonyl (C=O) groups is 1. The van der Waals surface area contributed by atoms with Gasteiger partial charge in [-0.2, -0.15) is 0 Å². The van der Waals surface area contributed by atoms with E-state index >= 15 is 0 Å². The van der Waals surface area contributed by atoms with Gasteiger partial charge in [0.05, 0.1) is 11.4 Å². The van der Waals surface area contributed by atoms with Gasteiger partial charge in [-0.05, 0) is 24.6 Å². The van der Waals surface area contributed by atoms with Crippen molar-refractivity contribution in [1.29, 1.82) is 0 Å². The third-order valence-electron chi connectivity index (χ3n) is 6.31. The monoisotopic (exact) mass is 510 g/mol. The van der Waals surface area contributed by atoms with E-state index in [1.165, 1.54) is 12.1 Å². The van der Waals surface area contributed by atoms with E-state index in [0.29, 0.717) is 25.2 Å². The Balaban J connectivity index is 0.00000289. The van der Waals surface area contributed by atoms with E-state index in [9.17, 15) is 9.18 Å². The van der Waals surface area contributed by atoms with Gasteiger partial charge in [0.15, 0.2) is 5.82 Å². The number of hydrogen-bond acceptors (Lipinski definition) is 4. The molecule has 1 atom stereocenters. The van der Waals surface area contributed by atoms with Crippen LogP contribution in [-0.4, -0.2) is 46.7 Å². The second kappa shape index (κ2) is 10.6. The molecule has 1 aliphatic heterocycles. The minimum atomic E-state index is -0.480. The molecule has 0 radical (unpaired) electrons. The van der Waals surface area contributed by atoms with E-state index in [-0.39, 0.29) is 35.8 Å². The number of piperazine rings is 1. The number of nitrogens with zero attached hydrogens (tertiary/aromatic N) is 4. The topological polar surface area (TPSA) is 49.3 Å². The molecule has 0 aliphatic carbocycles. The summed E-state index contributed by atoms with van der Waals surface area (Å²) >= 11 is 5.87. The first-order valence-electron chi connectivity index (χ1n) is 11.3. The Bertz CT molecular complexity index is 1350. The van der Waals surface area contributed by atoms with E-state index in [0.717, 1.165) is 27.8 Å². The molecule has 0 N–H and O–H groups in total. The smallest absolute Gasteiger partial charge is 0.227 e. The van der Waals surface area contributed by atoms with Gasteiger partial charge >= 0.3 is 0 Å². The van der Waals surface area contributed by atoms with Crippen LogP contribution in [0.4, 0.5) is 10.2 Å². The predicted octanol–water partition coefficient (Wildman–Crippen LogP) is 5.79. The summed E-state index contributed by atoms with van der Waals surface area (Å²) in [4.78, 5) is 17.0. The zero-order valence-corrected chi connectivity index (χ0v) is 20.8. The number of benzene rings is 3. The van der Waals surface area contributed by atoms with Crippen molar-refractivity contribution in [1.82, 2.24) is 15.1 Å². The fourth-order valence-electron chi connectivity index (χ4n) is 4.55. The molecule has 0 unspecified atom stereocenters. The average molecular weight is 511 g/mol. The lowest BCUT2D eigenvalue weighted by atomic mass is 10.0. The molecule has 1 saturated heterocycles. The Labute approximate surface area is 214 Å². The Hall–Kier alpha value is -3.22. The first kappa shape index (κ1) is 24.9. The molecular weight excluding hydrogens is 486 g/mol. The molecule has 0 saturated carbocycles. The Morgan fingerprint density at radius 2 is 1.71 bits per heavy atom. The lowest BCUT2D eigenvalue weighted by molar-refractivity contribution is -0.131. The van der Waals surface area contributed by atoms with Gasteiger partial charge in [-0.1, -0.05) is 72.3 Å². The molecule has 8 heteroatoms. The Morgan fingerprint density at radius 1 is 1.00 bits per heavy atom. The molecule has 1 aromatic heterocycles. The van der Waals surface area contributed by atoms with E-state index < -0.39 is 5.82 Å². The lowest BCUT2D eigenvalue weighted by Gasteiger charge is -2.40. The SMILES string of the molecule is C[C@H]1CN(C(=O)Cc2ccc(F)c(Cl)c2)CCN1c1nnc(-c2ccccc2)c2ccccc12.Cl. The van der Waals surface area contributed by atoms with Crippen LogP contribution >= 0.6 is 24.0 Å². The summed E-state index contributed by atoms with van der Waals surface area (Å²) in [6.07, 6.45) is 0.196. The minimum absolute atomic E-state index is 0. The van der Waals surface area contributed by atoms with E-state index in [1.54, 1.807) is 6.07 Å². The van der Waals surface area contributed by atoms with Crippen molar-refractivity contribution in [3.63, 3.8) is 0 Å². The second-order valence-electron chi connectivity index (χ2n) is 8.59. The van der Waals surface area contributed by atoms with Crippen LogP contribution in [0, 0.1) is 5.82 Å². The van der Waals surface area contributed by atoms with Gasteiger partial charge < -0.3 is 9.80 Å². The van der Waals surface area contributed by atoms with Gasteiger partial charge in [-0.3, -0.25) is 4.79 Å². The molecule has 1 amide bonds. The van der Waals surface area contributed by atoms with Crippen LogP contribution < -0.4 is 4.90 Å². The average Bonchev–Trinajstić information content (AvgIpc) is 2.86. The Morgan fingerprint density at radius 3 is 2.43 bits per heavy atom. The molecule has 0 spiro atoms. The number of carbonyl (C=O) groups excluding carboxylic acids is 1. The number of anilines is 1. The molecule has 0 bridgehead atoms. The molecule has 2 heterocycles. The van der Waals surface area contributed by atoms with Crippen molar-refractivity contribution in [2.45, 2.75) is 19.4 Å². The standard InChI is InChI=1S/C27H24ClFN4O.ClH/c1-18-17-32(25(34)16-19-11-12-24(29)23(28)15-19)13-14-33(18)27-22-10-6-5-9-21(22)26(30-31-27)20-7-3-2-4-8-20;/h2-12,15,18H,13-14,16-17H2,1H3;1H/t18-;/m0./s1. The van der Waals surface area contributed by atoms with Crippen molar-refractivity contribution in [2.75, 3.05) is 24.5 Å². The number of amides is 1. The summed E-state index contributed by atoms with van der Waals surface area (Å²) in [6.45, 7) is 3.90. The van der Waals surface area contributed by atoms with Crippen LogP contribution in [0.1, 0.15) is 12.5 Å². The molecule has 1 fully saturated rings. The maximum Gasteiger partial charge on any atom is 0.227 e. The van der Waals surface area contributed by atoms with E-state index in [1.807, 2.05) is 47.4 Å². The molecular formula is C27H25Cl2FN4O. The van der Waals surface area contributed by atoms with Gasteiger partial charge in [0.1, 0.15) is 11.5 Å². The van der Waals surface area contributed by atoms with Gasteiger partial charge in [0.2, 0.25) is 5.91 Å². The summed E-state index contributed by atoms with van der Waals surface area (Å²) in [5, 5.41) is 11.4. The Kier molecular flexibility index (Phi) is 7.53. The molecule has 5 rings (SSSR count). The maximum absolute atomic E-state index is 13.4. The fraction of sp³-hybridized carbons (Fsp3) is 0.222. The highest BCUT2D eigenvalue weighted by Crippen LogP contribution is 2.32. The predicted molar refractivity (Wildman–Crippen MR) is 141 cm³/mol. The first-order chi connectivity index (χ1) is 16.5. The molecule has 1 aliphatic rings. The van der Waals surface area contributed by atoms with Crippen molar-refractivity contribution in [3.05, 3.63) is 89.2 Å². The molecule has 5 nitrogen and oxygen atoms in total. The largest absolute Gasteiger partial charge is 0.348 e. The first-order valence-corrected chi connectivity index (χ1v) is 11.7. The number of hydrogen-bond donors (Lipinski definition) is 0. The van der Waals surface area contributed by atoms with Crippen LogP contribution in [0.2, 0.25) is 5.02 Å². The van der Waals surface area contributed by atoms with Gasteiger partial charge in [-0.25, -0.2) is 4.39 Å². The number of fused-ring (bicyclic) bond motifs is 1. The molecule has 35 heavy (non-hydrogen) atoms. The third-order valence-corrected chi connectivity index (χ3v) is 6.60. The highest BCUT2D eigenvalue weighted by Gasteiger charge is 2.29. The van der Waals surface area contributed by atoms with Crippen LogP contribution in [0.3, 0.4) is 0 Å². The number of halogens is 3. The van der Waals surface area contributed by atoms with Crippen LogP contribution in [-0.2, 0) is 11.2 Å². The molecule has 4 aromatic rings. The zero-order valence-electron chi connectivity index (χ0n) is 19.2. The van der Waals surface area contributed by atoms with E-state index in [2.05, 4.69) is 34.2 Å². The van der Waals surface area contributed by atoms with Crippen LogP contribution in [0.5, 0.6) is 0 Å². The molecule has 180 valence electrons. The highest BCUT2D eigenvalue weighted by molar-refractivity contribution is 6.30. The summed E-state index contributed by atoms with van der Waals surface area (Å²) in [5.41, 5.74) is 2.60. The summed E-state index contributed by atoms with van der Waals surface area (Å²) < 4.78 is 13.4. The number of aromatic nitrogens is 2. The quantitative estimate of drug-likeness (QED) is 0.348. The van der Waals surface area contributed by atoms with Gasteiger partial charge in [0, 0.05) is 42.0 Å². The van der Waals surface area contributed by atoms with Crippen molar-refractivity contribution < 1.29 is 9.18 Å². The normalized spacial score (nSPS) is 15.7. The fourth-order valence-corrected chi connectivity index (χ4v) is 4.75.